The Kier molecular flexibility index (Phi) is 7.39. The van der Waals surface area contributed by atoms with Crippen molar-refractivity contribution in [3.63, 3.8) is 0 Å². The van der Waals surface area contributed by atoms with Crippen LogP contribution in [0.5, 0.6) is 0 Å². The van der Waals surface area contributed by atoms with Crippen LogP contribution in [0.3, 0.4) is 0 Å². The molecule has 5 aromatic carbocycles. The zero-order valence-corrected chi connectivity index (χ0v) is 28.1. The molecule has 1 saturated heterocycles. The SMILES string of the molecule is Cc1ccc(-c2nc(C3=CCCC=C3)nc(-c3cc(B4OC(C)(C)C(C)(C)O4)cc(-c4cc5ccccc5c5ccccc45)c3)n2)cc1. The van der Waals surface area contributed by atoms with Crippen molar-refractivity contribution < 1.29 is 9.31 Å². The van der Waals surface area contributed by atoms with Gasteiger partial charge < -0.3 is 9.31 Å². The molecule has 6 heteroatoms. The first-order valence-corrected chi connectivity index (χ1v) is 16.8. The Morgan fingerprint density at radius 2 is 1.23 bits per heavy atom. The topological polar surface area (TPSA) is 57.1 Å². The molecule has 0 saturated carbocycles. The average Bonchev–Trinajstić information content (AvgIpc) is 3.34. The molecule has 0 bridgehead atoms. The Bertz CT molecular complexity index is 2250. The number of hydrogen-bond acceptors (Lipinski definition) is 5. The number of nitrogens with zero attached hydrogens (tertiary/aromatic N) is 3. The van der Waals surface area contributed by atoms with Crippen LogP contribution in [-0.2, 0) is 9.31 Å². The molecule has 0 spiro atoms. The van der Waals surface area contributed by atoms with Crippen LogP contribution in [0.15, 0.2) is 115 Å². The van der Waals surface area contributed by atoms with Gasteiger partial charge >= 0.3 is 7.12 Å². The van der Waals surface area contributed by atoms with Gasteiger partial charge in [-0.15, -0.1) is 0 Å². The monoisotopic (exact) mass is 627 g/mol. The molecule has 1 aliphatic carbocycles. The van der Waals surface area contributed by atoms with Crippen molar-refractivity contribution in [3.05, 3.63) is 127 Å². The highest BCUT2D eigenvalue weighted by Crippen LogP contribution is 2.39. The third kappa shape index (κ3) is 5.45. The minimum atomic E-state index is -0.553. The molecule has 0 amide bonds. The summed E-state index contributed by atoms with van der Waals surface area (Å²) in [5.74, 6) is 1.93. The van der Waals surface area contributed by atoms with E-state index in [0.717, 1.165) is 46.1 Å². The summed E-state index contributed by atoms with van der Waals surface area (Å²) in [5, 5.41) is 4.82. The third-order valence-electron chi connectivity index (χ3n) is 10.0. The van der Waals surface area contributed by atoms with E-state index in [2.05, 4.69) is 150 Å². The molecule has 1 aromatic heterocycles. The Labute approximate surface area is 282 Å². The Balaban J connectivity index is 1.37. The lowest BCUT2D eigenvalue weighted by atomic mass is 9.76. The molecule has 2 heterocycles. The van der Waals surface area contributed by atoms with Crippen LogP contribution in [0.2, 0.25) is 0 Å². The molecule has 48 heavy (non-hydrogen) atoms. The van der Waals surface area contributed by atoms with Gasteiger partial charge in [-0.25, -0.2) is 15.0 Å². The summed E-state index contributed by atoms with van der Waals surface area (Å²) < 4.78 is 13.2. The zero-order valence-electron chi connectivity index (χ0n) is 28.1. The van der Waals surface area contributed by atoms with Gasteiger partial charge in [0.15, 0.2) is 17.5 Å². The van der Waals surface area contributed by atoms with E-state index in [-0.39, 0.29) is 0 Å². The first kappa shape index (κ1) is 30.4. The van der Waals surface area contributed by atoms with E-state index in [0.29, 0.717) is 17.5 Å². The number of aryl methyl sites for hydroxylation is 1. The molecule has 2 aliphatic rings. The molecule has 1 fully saturated rings. The Morgan fingerprint density at radius 1 is 0.604 bits per heavy atom. The second kappa shape index (κ2) is 11.7. The lowest BCUT2D eigenvalue weighted by Gasteiger charge is -2.32. The van der Waals surface area contributed by atoms with Crippen molar-refractivity contribution in [1.29, 1.82) is 0 Å². The van der Waals surface area contributed by atoms with E-state index in [1.807, 2.05) is 0 Å². The van der Waals surface area contributed by atoms with Gasteiger partial charge in [-0.05, 0) is 97.7 Å². The number of rotatable bonds is 5. The molecule has 236 valence electrons. The highest BCUT2D eigenvalue weighted by Gasteiger charge is 2.51. The fourth-order valence-electron chi connectivity index (χ4n) is 6.59. The van der Waals surface area contributed by atoms with Crippen LogP contribution in [0.25, 0.3) is 61.0 Å². The summed E-state index contributed by atoms with van der Waals surface area (Å²) in [5.41, 5.74) is 6.18. The van der Waals surface area contributed by atoms with Gasteiger partial charge in [-0.3, -0.25) is 0 Å². The molecule has 0 unspecified atom stereocenters. The first-order chi connectivity index (χ1) is 23.1. The van der Waals surface area contributed by atoms with Gasteiger partial charge in [0, 0.05) is 16.7 Å². The molecular weight excluding hydrogens is 589 g/mol. The van der Waals surface area contributed by atoms with Gasteiger partial charge in [0.25, 0.3) is 0 Å². The van der Waals surface area contributed by atoms with Crippen LogP contribution in [0.1, 0.15) is 51.9 Å². The van der Waals surface area contributed by atoms with Crippen molar-refractivity contribution in [2.75, 3.05) is 0 Å². The molecule has 0 atom stereocenters. The lowest BCUT2D eigenvalue weighted by molar-refractivity contribution is 0.00578. The van der Waals surface area contributed by atoms with Gasteiger partial charge in [0.05, 0.1) is 11.2 Å². The van der Waals surface area contributed by atoms with Gasteiger partial charge in [0.2, 0.25) is 0 Å². The van der Waals surface area contributed by atoms with E-state index in [1.54, 1.807) is 0 Å². The summed E-state index contributed by atoms with van der Waals surface area (Å²) in [6.07, 6.45) is 8.50. The summed E-state index contributed by atoms with van der Waals surface area (Å²) >= 11 is 0. The summed E-state index contributed by atoms with van der Waals surface area (Å²) in [6, 6.07) is 34.4. The van der Waals surface area contributed by atoms with Crippen LogP contribution in [-0.4, -0.2) is 33.3 Å². The number of benzene rings is 5. The minimum absolute atomic E-state index is 0.484. The Hall–Kier alpha value is -4.91. The average molecular weight is 628 g/mol. The Morgan fingerprint density at radius 3 is 1.94 bits per heavy atom. The van der Waals surface area contributed by atoms with Gasteiger partial charge in [-0.2, -0.15) is 0 Å². The van der Waals surface area contributed by atoms with Crippen LogP contribution in [0, 0.1) is 6.92 Å². The van der Waals surface area contributed by atoms with Crippen molar-refractivity contribution in [2.24, 2.45) is 0 Å². The van der Waals surface area contributed by atoms with Crippen LogP contribution in [0.4, 0.5) is 0 Å². The fraction of sp³-hybridized carbons (Fsp3) is 0.214. The van der Waals surface area contributed by atoms with Crippen LogP contribution < -0.4 is 5.46 Å². The van der Waals surface area contributed by atoms with E-state index in [9.17, 15) is 0 Å². The van der Waals surface area contributed by atoms with E-state index >= 15 is 0 Å². The summed E-state index contributed by atoms with van der Waals surface area (Å²) in [6.45, 7) is 10.4. The maximum atomic E-state index is 6.62. The zero-order chi connectivity index (χ0) is 33.0. The summed E-state index contributed by atoms with van der Waals surface area (Å²) in [7, 11) is -0.553. The molecule has 0 N–H and O–H groups in total. The summed E-state index contributed by atoms with van der Waals surface area (Å²) in [4.78, 5) is 15.2. The second-order valence-electron chi connectivity index (χ2n) is 13.9. The maximum absolute atomic E-state index is 6.62. The van der Waals surface area contributed by atoms with E-state index in [4.69, 9.17) is 24.3 Å². The normalized spacial score (nSPS) is 16.9. The quantitative estimate of drug-likeness (QED) is 0.141. The second-order valence-corrected chi connectivity index (χ2v) is 13.9. The maximum Gasteiger partial charge on any atom is 0.494 e. The fourth-order valence-corrected chi connectivity index (χ4v) is 6.59. The van der Waals surface area contributed by atoms with Crippen molar-refractivity contribution in [3.8, 4) is 33.9 Å². The number of fused-ring (bicyclic) bond motifs is 3. The lowest BCUT2D eigenvalue weighted by Crippen LogP contribution is -2.41. The molecule has 8 rings (SSSR count). The smallest absolute Gasteiger partial charge is 0.399 e. The first-order valence-electron chi connectivity index (χ1n) is 16.8. The standard InChI is InChI=1S/C42H38BN3O2/c1-27-19-21-29(22-20-27)39-44-38(28-13-7-6-8-14-28)45-40(46-39)32-23-31(24-33(25-32)43-47-41(2,3)42(4,5)48-43)37-26-30-15-9-10-16-34(30)35-17-11-12-18-36(35)37/h7,9-26H,6,8H2,1-5H3. The van der Waals surface area contributed by atoms with E-state index in [1.165, 1.54) is 27.1 Å². The van der Waals surface area contributed by atoms with E-state index < -0.39 is 18.3 Å². The molecule has 1 aliphatic heterocycles. The largest absolute Gasteiger partial charge is 0.494 e. The highest BCUT2D eigenvalue weighted by molar-refractivity contribution is 6.62. The number of allylic oxidation sites excluding steroid dienone is 4. The third-order valence-corrected chi connectivity index (χ3v) is 10.0. The molecule has 6 aromatic rings. The minimum Gasteiger partial charge on any atom is -0.399 e. The van der Waals surface area contributed by atoms with Crippen molar-refractivity contribution in [1.82, 2.24) is 15.0 Å². The predicted molar refractivity (Wildman–Crippen MR) is 198 cm³/mol. The highest BCUT2D eigenvalue weighted by atomic mass is 16.7. The molecule has 5 nitrogen and oxygen atoms in total. The molecule has 0 radical (unpaired) electrons. The van der Waals surface area contributed by atoms with Crippen molar-refractivity contribution >= 4 is 39.7 Å². The molecular formula is C42H38BN3O2. The number of aromatic nitrogens is 3. The van der Waals surface area contributed by atoms with Crippen molar-refractivity contribution in [2.45, 2.75) is 58.7 Å². The van der Waals surface area contributed by atoms with Gasteiger partial charge in [0.1, 0.15) is 0 Å². The van der Waals surface area contributed by atoms with Gasteiger partial charge in [-0.1, -0.05) is 109 Å². The van der Waals surface area contributed by atoms with Crippen LogP contribution >= 0.6 is 0 Å². The number of hydrogen-bond donors (Lipinski definition) is 0. The predicted octanol–water partition coefficient (Wildman–Crippen LogP) is 9.52.